The maximum absolute atomic E-state index is 4.47. The van der Waals surface area contributed by atoms with Crippen LogP contribution in [0.15, 0.2) is 41.4 Å². The number of hydrogen-bond acceptors (Lipinski definition) is 4. The number of aromatic nitrogens is 3. The molecular formula is C20H27N7. The predicted octanol–water partition coefficient (Wildman–Crippen LogP) is 1.64. The lowest BCUT2D eigenvalue weighted by molar-refractivity contribution is 0.392. The SMILES string of the molecule is CN=C(NCc1ccc(N2CC=CC2)cc1)NC1CCc2nc(C)nn2C1. The molecule has 1 unspecified atom stereocenters. The van der Waals surface area contributed by atoms with Crippen molar-refractivity contribution in [1.29, 1.82) is 0 Å². The van der Waals surface area contributed by atoms with E-state index in [2.05, 4.69) is 67.0 Å². The van der Waals surface area contributed by atoms with Gasteiger partial charge in [-0.2, -0.15) is 5.10 Å². The lowest BCUT2D eigenvalue weighted by Gasteiger charge is -2.25. The Morgan fingerprint density at radius 2 is 2.00 bits per heavy atom. The van der Waals surface area contributed by atoms with Crippen LogP contribution < -0.4 is 15.5 Å². The van der Waals surface area contributed by atoms with Crippen LogP contribution in [-0.2, 0) is 19.5 Å². The van der Waals surface area contributed by atoms with Crippen molar-refractivity contribution in [1.82, 2.24) is 25.4 Å². The number of hydrogen-bond donors (Lipinski definition) is 2. The van der Waals surface area contributed by atoms with Crippen LogP contribution >= 0.6 is 0 Å². The summed E-state index contributed by atoms with van der Waals surface area (Å²) >= 11 is 0. The molecule has 3 heterocycles. The van der Waals surface area contributed by atoms with Gasteiger partial charge in [-0.3, -0.25) is 4.99 Å². The van der Waals surface area contributed by atoms with E-state index in [1.54, 1.807) is 0 Å². The highest BCUT2D eigenvalue weighted by Gasteiger charge is 2.21. The van der Waals surface area contributed by atoms with Crippen LogP contribution in [0.3, 0.4) is 0 Å². The van der Waals surface area contributed by atoms with Gasteiger partial charge in [-0.25, -0.2) is 9.67 Å². The summed E-state index contributed by atoms with van der Waals surface area (Å²) in [7, 11) is 1.81. The second-order valence-electron chi connectivity index (χ2n) is 7.11. The van der Waals surface area contributed by atoms with E-state index >= 15 is 0 Å². The molecule has 7 nitrogen and oxygen atoms in total. The summed E-state index contributed by atoms with van der Waals surface area (Å²) in [5, 5.41) is 11.4. The van der Waals surface area contributed by atoms with E-state index in [0.29, 0.717) is 6.04 Å². The molecule has 0 amide bonds. The fourth-order valence-corrected chi connectivity index (χ4v) is 3.64. The van der Waals surface area contributed by atoms with Crippen molar-refractivity contribution >= 4 is 11.6 Å². The molecule has 1 aromatic heterocycles. The van der Waals surface area contributed by atoms with Gasteiger partial charge in [-0.1, -0.05) is 24.3 Å². The molecule has 27 heavy (non-hydrogen) atoms. The molecule has 1 aromatic carbocycles. The molecular weight excluding hydrogens is 338 g/mol. The molecule has 2 aliphatic heterocycles. The molecule has 2 aliphatic rings. The molecule has 4 rings (SSSR count). The molecule has 2 N–H and O–H groups in total. The monoisotopic (exact) mass is 365 g/mol. The zero-order valence-electron chi connectivity index (χ0n) is 16.0. The summed E-state index contributed by atoms with van der Waals surface area (Å²) in [6.07, 6.45) is 6.40. The minimum atomic E-state index is 0.315. The van der Waals surface area contributed by atoms with Crippen LogP contribution in [0.4, 0.5) is 5.69 Å². The van der Waals surface area contributed by atoms with Crippen LogP contribution in [0, 0.1) is 6.92 Å². The van der Waals surface area contributed by atoms with Crippen molar-refractivity contribution in [2.45, 2.75) is 38.9 Å². The van der Waals surface area contributed by atoms with Crippen LogP contribution in [0.1, 0.15) is 23.6 Å². The van der Waals surface area contributed by atoms with E-state index < -0.39 is 0 Å². The number of benzene rings is 1. The number of rotatable bonds is 4. The number of anilines is 1. The summed E-state index contributed by atoms with van der Waals surface area (Å²) in [5.74, 6) is 2.76. The second-order valence-corrected chi connectivity index (χ2v) is 7.11. The fourth-order valence-electron chi connectivity index (χ4n) is 3.64. The molecule has 0 bridgehead atoms. The van der Waals surface area contributed by atoms with Crippen molar-refractivity contribution in [2.75, 3.05) is 25.0 Å². The third-order valence-corrected chi connectivity index (χ3v) is 5.11. The van der Waals surface area contributed by atoms with Crippen LogP contribution in [0.2, 0.25) is 0 Å². The van der Waals surface area contributed by atoms with Crippen molar-refractivity contribution in [3.05, 3.63) is 53.6 Å². The van der Waals surface area contributed by atoms with E-state index in [1.807, 2.05) is 18.7 Å². The maximum Gasteiger partial charge on any atom is 0.191 e. The van der Waals surface area contributed by atoms with Gasteiger partial charge < -0.3 is 15.5 Å². The predicted molar refractivity (Wildman–Crippen MR) is 108 cm³/mol. The molecule has 2 aromatic rings. The topological polar surface area (TPSA) is 70.4 Å². The number of nitrogens with one attached hydrogen (secondary N) is 2. The standard InChI is InChI=1S/C20H27N7/c1-15-23-19-10-7-17(14-27(19)25-15)24-20(21-2)22-13-16-5-8-18(9-6-16)26-11-3-4-12-26/h3-6,8-9,17H,7,10-14H2,1-2H3,(H2,21,22,24). The second kappa shape index (κ2) is 7.82. The summed E-state index contributed by atoms with van der Waals surface area (Å²) < 4.78 is 2.01. The third-order valence-electron chi connectivity index (χ3n) is 5.11. The van der Waals surface area contributed by atoms with Crippen LogP contribution in [0.25, 0.3) is 0 Å². The quantitative estimate of drug-likeness (QED) is 0.490. The number of guanidine groups is 1. The summed E-state index contributed by atoms with van der Waals surface area (Å²) in [5.41, 5.74) is 2.51. The highest BCUT2D eigenvalue weighted by molar-refractivity contribution is 5.80. The molecule has 0 spiro atoms. The minimum Gasteiger partial charge on any atom is -0.364 e. The Bertz CT molecular complexity index is 827. The van der Waals surface area contributed by atoms with Gasteiger partial charge in [0.1, 0.15) is 11.6 Å². The van der Waals surface area contributed by atoms with E-state index in [0.717, 1.165) is 56.6 Å². The summed E-state index contributed by atoms with van der Waals surface area (Å²) in [6.45, 7) is 5.53. The minimum absolute atomic E-state index is 0.315. The normalized spacial score (nSPS) is 19.3. The zero-order valence-corrected chi connectivity index (χ0v) is 16.0. The third kappa shape index (κ3) is 4.13. The Morgan fingerprint density at radius 1 is 1.22 bits per heavy atom. The highest BCUT2D eigenvalue weighted by Crippen LogP contribution is 2.17. The zero-order chi connectivity index (χ0) is 18.6. The molecule has 0 saturated carbocycles. The van der Waals surface area contributed by atoms with Crippen molar-refractivity contribution in [3.8, 4) is 0 Å². The molecule has 0 aliphatic carbocycles. The molecule has 0 saturated heterocycles. The van der Waals surface area contributed by atoms with Crippen molar-refractivity contribution in [3.63, 3.8) is 0 Å². The Labute approximate surface area is 160 Å². The maximum atomic E-state index is 4.47. The van der Waals surface area contributed by atoms with Gasteiger partial charge >= 0.3 is 0 Å². The Morgan fingerprint density at radius 3 is 2.74 bits per heavy atom. The fraction of sp³-hybridized carbons (Fsp3) is 0.450. The number of aryl methyl sites for hydroxylation is 2. The first-order chi connectivity index (χ1) is 13.2. The van der Waals surface area contributed by atoms with Gasteiger partial charge in [0.25, 0.3) is 0 Å². The average Bonchev–Trinajstić information content (AvgIpc) is 3.34. The molecule has 0 fully saturated rings. The Hall–Kier alpha value is -2.83. The summed E-state index contributed by atoms with van der Waals surface area (Å²) in [6, 6.07) is 9.05. The van der Waals surface area contributed by atoms with Gasteiger partial charge in [-0.05, 0) is 31.0 Å². The van der Waals surface area contributed by atoms with E-state index in [-0.39, 0.29) is 0 Å². The van der Waals surface area contributed by atoms with Gasteiger partial charge in [0.15, 0.2) is 5.96 Å². The Kier molecular flexibility index (Phi) is 5.09. The summed E-state index contributed by atoms with van der Waals surface area (Å²) in [4.78, 5) is 11.2. The lowest BCUT2D eigenvalue weighted by atomic mass is 10.1. The molecule has 1 atom stereocenters. The van der Waals surface area contributed by atoms with Crippen LogP contribution in [0.5, 0.6) is 0 Å². The first-order valence-corrected chi connectivity index (χ1v) is 9.57. The number of nitrogens with zero attached hydrogens (tertiary/aromatic N) is 5. The van der Waals surface area contributed by atoms with E-state index in [1.165, 1.54) is 11.3 Å². The van der Waals surface area contributed by atoms with Crippen LogP contribution in [-0.4, -0.2) is 46.9 Å². The Balaban J connectivity index is 1.29. The van der Waals surface area contributed by atoms with Gasteiger partial charge in [0, 0.05) is 44.8 Å². The largest absolute Gasteiger partial charge is 0.364 e. The highest BCUT2D eigenvalue weighted by atomic mass is 15.4. The number of fused-ring (bicyclic) bond motifs is 1. The molecule has 142 valence electrons. The van der Waals surface area contributed by atoms with E-state index in [9.17, 15) is 0 Å². The van der Waals surface area contributed by atoms with Gasteiger partial charge in [-0.15, -0.1) is 0 Å². The van der Waals surface area contributed by atoms with Crippen molar-refractivity contribution < 1.29 is 0 Å². The smallest absolute Gasteiger partial charge is 0.191 e. The van der Waals surface area contributed by atoms with Crippen molar-refractivity contribution in [2.24, 2.45) is 4.99 Å². The first-order valence-electron chi connectivity index (χ1n) is 9.57. The molecule has 7 heteroatoms. The van der Waals surface area contributed by atoms with Gasteiger partial charge in [0.05, 0.1) is 6.54 Å². The molecule has 0 radical (unpaired) electrons. The first kappa shape index (κ1) is 17.6. The van der Waals surface area contributed by atoms with Gasteiger partial charge in [0.2, 0.25) is 0 Å². The number of aliphatic imine (C=N–C) groups is 1. The lowest BCUT2D eigenvalue weighted by Crippen LogP contribution is -2.46. The van der Waals surface area contributed by atoms with E-state index in [4.69, 9.17) is 0 Å². The average molecular weight is 365 g/mol.